The molecule has 0 aliphatic carbocycles. The third kappa shape index (κ3) is 1.46. The third-order valence-electron chi connectivity index (χ3n) is 2.49. The van der Waals surface area contributed by atoms with Crippen molar-refractivity contribution in [1.29, 1.82) is 0 Å². The summed E-state index contributed by atoms with van der Waals surface area (Å²) in [4.78, 5) is 15.3. The van der Waals surface area contributed by atoms with E-state index in [1.54, 1.807) is 18.3 Å². The minimum Gasteiger partial charge on any atom is -0.478 e. The highest BCUT2D eigenvalue weighted by Gasteiger charge is 2.13. The second-order valence-electron chi connectivity index (χ2n) is 3.59. The molecule has 1 aromatic heterocycles. The highest BCUT2D eigenvalue weighted by molar-refractivity contribution is 6.04. The third-order valence-corrected chi connectivity index (χ3v) is 2.49. The molecule has 0 bridgehead atoms. The first kappa shape index (κ1) is 9.65. The number of hydrogen-bond acceptors (Lipinski definition) is 2. The number of aromatic nitrogens is 1. The van der Waals surface area contributed by atoms with E-state index in [0.29, 0.717) is 10.9 Å². The summed E-state index contributed by atoms with van der Waals surface area (Å²) < 4.78 is 0. The monoisotopic (exact) mass is 201 g/mol. The SMILES string of the molecule is Cc1cc(C)c2ncccc2c1C(=O)O. The van der Waals surface area contributed by atoms with Crippen molar-refractivity contribution in [2.45, 2.75) is 13.8 Å². The summed E-state index contributed by atoms with van der Waals surface area (Å²) in [6.07, 6.45) is 1.68. The van der Waals surface area contributed by atoms with Crippen LogP contribution in [0.4, 0.5) is 0 Å². The van der Waals surface area contributed by atoms with Gasteiger partial charge in [-0.1, -0.05) is 12.1 Å². The topological polar surface area (TPSA) is 50.2 Å². The van der Waals surface area contributed by atoms with Gasteiger partial charge in [0.05, 0.1) is 11.1 Å². The fourth-order valence-electron chi connectivity index (χ4n) is 1.88. The van der Waals surface area contributed by atoms with Crippen molar-refractivity contribution >= 4 is 16.9 Å². The van der Waals surface area contributed by atoms with Gasteiger partial charge in [-0.15, -0.1) is 0 Å². The fraction of sp³-hybridized carbons (Fsp3) is 0.167. The minimum absolute atomic E-state index is 0.351. The summed E-state index contributed by atoms with van der Waals surface area (Å²) >= 11 is 0. The average molecular weight is 201 g/mol. The molecule has 76 valence electrons. The molecule has 0 amide bonds. The van der Waals surface area contributed by atoms with Crippen molar-refractivity contribution < 1.29 is 9.90 Å². The van der Waals surface area contributed by atoms with Crippen LogP contribution in [0, 0.1) is 13.8 Å². The largest absolute Gasteiger partial charge is 0.478 e. The Kier molecular flexibility index (Phi) is 2.15. The maximum absolute atomic E-state index is 11.1. The Morgan fingerprint density at radius 1 is 1.33 bits per heavy atom. The second kappa shape index (κ2) is 3.35. The van der Waals surface area contributed by atoms with Crippen LogP contribution in [-0.4, -0.2) is 16.1 Å². The standard InChI is InChI=1S/C12H11NO2/c1-7-6-8(2)11-9(4-3-5-13-11)10(7)12(14)15/h3-6H,1-2H3,(H,14,15). The lowest BCUT2D eigenvalue weighted by atomic mass is 9.99. The number of hydrogen-bond donors (Lipinski definition) is 1. The first-order valence-electron chi connectivity index (χ1n) is 4.69. The van der Waals surface area contributed by atoms with Crippen LogP contribution in [-0.2, 0) is 0 Å². The van der Waals surface area contributed by atoms with E-state index in [1.807, 2.05) is 19.9 Å². The molecule has 1 aromatic carbocycles. The first-order valence-corrected chi connectivity index (χ1v) is 4.69. The summed E-state index contributed by atoms with van der Waals surface area (Å²) in [5, 5.41) is 9.84. The lowest BCUT2D eigenvalue weighted by molar-refractivity contribution is 0.0698. The zero-order valence-corrected chi connectivity index (χ0v) is 8.61. The van der Waals surface area contributed by atoms with Gasteiger partial charge in [0.1, 0.15) is 0 Å². The highest BCUT2D eigenvalue weighted by Crippen LogP contribution is 2.23. The minimum atomic E-state index is -0.898. The number of pyridine rings is 1. The summed E-state index contributed by atoms with van der Waals surface area (Å²) in [7, 11) is 0. The molecule has 2 aromatic rings. The normalized spacial score (nSPS) is 10.5. The summed E-state index contributed by atoms with van der Waals surface area (Å²) in [6.45, 7) is 3.75. The maximum Gasteiger partial charge on any atom is 0.336 e. The second-order valence-corrected chi connectivity index (χ2v) is 3.59. The lowest BCUT2D eigenvalue weighted by Crippen LogP contribution is -2.02. The molecular weight excluding hydrogens is 190 g/mol. The van der Waals surface area contributed by atoms with Crippen LogP contribution >= 0.6 is 0 Å². The van der Waals surface area contributed by atoms with Gasteiger partial charge in [0.15, 0.2) is 0 Å². The molecule has 0 unspecified atom stereocenters. The van der Waals surface area contributed by atoms with Gasteiger partial charge in [-0.05, 0) is 31.0 Å². The molecule has 15 heavy (non-hydrogen) atoms. The van der Waals surface area contributed by atoms with Crippen LogP contribution in [0.15, 0.2) is 24.4 Å². The van der Waals surface area contributed by atoms with Crippen LogP contribution < -0.4 is 0 Å². The Labute approximate surface area is 87.4 Å². The number of rotatable bonds is 1. The van der Waals surface area contributed by atoms with E-state index in [9.17, 15) is 4.79 Å². The maximum atomic E-state index is 11.1. The van der Waals surface area contributed by atoms with Crippen LogP contribution in [0.5, 0.6) is 0 Å². The lowest BCUT2D eigenvalue weighted by Gasteiger charge is -2.07. The van der Waals surface area contributed by atoms with Gasteiger partial charge in [-0.3, -0.25) is 4.98 Å². The smallest absolute Gasteiger partial charge is 0.336 e. The molecule has 0 radical (unpaired) electrons. The van der Waals surface area contributed by atoms with Crippen LogP contribution in [0.25, 0.3) is 10.9 Å². The van der Waals surface area contributed by atoms with Gasteiger partial charge in [-0.2, -0.15) is 0 Å². The van der Waals surface area contributed by atoms with E-state index in [0.717, 1.165) is 16.6 Å². The van der Waals surface area contributed by atoms with Gasteiger partial charge < -0.3 is 5.11 Å². The molecule has 0 saturated heterocycles. The van der Waals surface area contributed by atoms with Crippen LogP contribution in [0.2, 0.25) is 0 Å². The molecule has 1 N–H and O–H groups in total. The predicted octanol–water partition coefficient (Wildman–Crippen LogP) is 2.55. The molecular formula is C12H11NO2. The van der Waals surface area contributed by atoms with E-state index in [-0.39, 0.29) is 0 Å². The summed E-state index contributed by atoms with van der Waals surface area (Å²) in [5.74, 6) is -0.898. The molecule has 0 fully saturated rings. The summed E-state index contributed by atoms with van der Waals surface area (Å²) in [5.41, 5.74) is 2.90. The number of carboxylic acid groups (broad SMARTS) is 1. The number of nitrogens with zero attached hydrogens (tertiary/aromatic N) is 1. The quantitative estimate of drug-likeness (QED) is 0.771. The van der Waals surface area contributed by atoms with Crippen LogP contribution in [0.1, 0.15) is 21.5 Å². The number of aromatic carboxylic acids is 1. The fourth-order valence-corrected chi connectivity index (χ4v) is 1.88. The molecule has 0 atom stereocenters. The van der Waals surface area contributed by atoms with Gasteiger partial charge in [0, 0.05) is 11.6 Å². The molecule has 3 heteroatoms. The number of aryl methyl sites for hydroxylation is 2. The Bertz CT molecular complexity index is 547. The van der Waals surface area contributed by atoms with E-state index in [4.69, 9.17) is 5.11 Å². The van der Waals surface area contributed by atoms with Gasteiger partial charge in [0.2, 0.25) is 0 Å². The van der Waals surface area contributed by atoms with E-state index in [1.165, 1.54) is 0 Å². The van der Waals surface area contributed by atoms with Crippen molar-refractivity contribution in [2.24, 2.45) is 0 Å². The molecule has 0 spiro atoms. The van der Waals surface area contributed by atoms with Crippen LogP contribution in [0.3, 0.4) is 0 Å². The van der Waals surface area contributed by atoms with Gasteiger partial charge in [0.25, 0.3) is 0 Å². The Hall–Kier alpha value is -1.90. The van der Waals surface area contributed by atoms with Crippen molar-refractivity contribution in [3.63, 3.8) is 0 Å². The van der Waals surface area contributed by atoms with Gasteiger partial charge in [-0.25, -0.2) is 4.79 Å². The zero-order valence-electron chi connectivity index (χ0n) is 8.61. The van der Waals surface area contributed by atoms with E-state index < -0.39 is 5.97 Å². The number of benzene rings is 1. The number of carbonyl (C=O) groups is 1. The number of carboxylic acids is 1. The highest BCUT2D eigenvalue weighted by atomic mass is 16.4. The molecule has 3 nitrogen and oxygen atoms in total. The van der Waals surface area contributed by atoms with E-state index >= 15 is 0 Å². The molecule has 0 saturated carbocycles. The van der Waals surface area contributed by atoms with Crippen molar-refractivity contribution in [1.82, 2.24) is 4.98 Å². The Morgan fingerprint density at radius 2 is 2.07 bits per heavy atom. The van der Waals surface area contributed by atoms with E-state index in [2.05, 4.69) is 4.98 Å². The van der Waals surface area contributed by atoms with Gasteiger partial charge >= 0.3 is 5.97 Å². The zero-order chi connectivity index (χ0) is 11.0. The molecule has 2 rings (SSSR count). The first-order chi connectivity index (χ1) is 7.11. The predicted molar refractivity (Wildman–Crippen MR) is 58.2 cm³/mol. The van der Waals surface area contributed by atoms with Crippen molar-refractivity contribution in [3.05, 3.63) is 41.1 Å². The average Bonchev–Trinajstić information content (AvgIpc) is 2.17. The van der Waals surface area contributed by atoms with Crippen molar-refractivity contribution in [2.75, 3.05) is 0 Å². The molecule has 0 aliphatic heterocycles. The molecule has 0 aliphatic rings. The Morgan fingerprint density at radius 3 is 2.73 bits per heavy atom. The Balaban J connectivity index is 2.96. The summed E-state index contributed by atoms with van der Waals surface area (Å²) in [6, 6.07) is 5.41. The van der Waals surface area contributed by atoms with Crippen molar-refractivity contribution in [3.8, 4) is 0 Å². The molecule has 1 heterocycles. The number of fused-ring (bicyclic) bond motifs is 1.